The number of nitrogens with one attached hydrogen (secondary N) is 1. The molecule has 2 nitrogen and oxygen atoms in total. The smallest absolute Gasteiger partial charge is 0.229 e. The van der Waals surface area contributed by atoms with Crippen LogP contribution in [0.4, 0.5) is 0 Å². The van der Waals surface area contributed by atoms with Gasteiger partial charge in [-0.1, -0.05) is 54.7 Å². The fourth-order valence-electron chi connectivity index (χ4n) is 1.47. The molecule has 5 heteroatoms. The van der Waals surface area contributed by atoms with E-state index in [0.29, 0.717) is 12.2 Å². The summed E-state index contributed by atoms with van der Waals surface area (Å²) < 4.78 is -1.41. The maximum Gasteiger partial charge on any atom is 0.229 e. The van der Waals surface area contributed by atoms with Gasteiger partial charge in [0.1, 0.15) is 0 Å². The van der Waals surface area contributed by atoms with Gasteiger partial charge in [0, 0.05) is 12.5 Å². The molecule has 0 fully saturated rings. The molecule has 1 heterocycles. The van der Waals surface area contributed by atoms with Crippen molar-refractivity contribution in [2.24, 2.45) is 11.8 Å². The lowest BCUT2D eigenvalue weighted by Crippen LogP contribution is -2.28. The third kappa shape index (κ3) is 2.93. The monoisotopic (exact) mass is 257 g/mol. The normalized spacial score (nSPS) is 24.8. The van der Waals surface area contributed by atoms with Gasteiger partial charge < -0.3 is 10.4 Å². The highest BCUT2D eigenvalue weighted by Gasteiger charge is 2.33. The minimum Gasteiger partial charge on any atom is -0.392 e. The van der Waals surface area contributed by atoms with Crippen LogP contribution in [0.3, 0.4) is 0 Å². The molecule has 0 saturated carbocycles. The summed E-state index contributed by atoms with van der Waals surface area (Å²) in [5.41, 5.74) is 0.562. The van der Waals surface area contributed by atoms with Crippen LogP contribution in [0.2, 0.25) is 0 Å². The van der Waals surface area contributed by atoms with Gasteiger partial charge in [-0.05, 0) is 5.92 Å². The molecular formula is C9H14Cl3NO. The van der Waals surface area contributed by atoms with Crippen LogP contribution in [0.5, 0.6) is 0 Å². The molecule has 0 unspecified atom stereocenters. The fourth-order valence-corrected chi connectivity index (χ4v) is 1.86. The van der Waals surface area contributed by atoms with Gasteiger partial charge in [0.15, 0.2) is 0 Å². The van der Waals surface area contributed by atoms with Crippen molar-refractivity contribution in [3.8, 4) is 0 Å². The number of hydrogen-bond acceptors (Lipinski definition) is 2. The second-order valence-electron chi connectivity index (χ2n) is 3.86. The van der Waals surface area contributed by atoms with E-state index < -0.39 is 9.90 Å². The zero-order chi connectivity index (χ0) is 10.9. The molecule has 0 amide bonds. The quantitative estimate of drug-likeness (QED) is 0.746. The Morgan fingerprint density at radius 3 is 2.43 bits per heavy atom. The molecule has 2 N–H and O–H groups in total. The second kappa shape index (κ2) is 4.48. The molecule has 0 aromatic rings. The lowest BCUT2D eigenvalue weighted by Gasteiger charge is -2.19. The minimum atomic E-state index is -1.41. The van der Waals surface area contributed by atoms with Crippen LogP contribution in [0, 0.1) is 11.8 Å². The molecule has 0 aliphatic carbocycles. The van der Waals surface area contributed by atoms with Crippen molar-refractivity contribution in [1.82, 2.24) is 5.32 Å². The van der Waals surface area contributed by atoms with Crippen LogP contribution in [0.15, 0.2) is 11.8 Å². The van der Waals surface area contributed by atoms with Gasteiger partial charge in [0.2, 0.25) is 3.79 Å². The number of hydrogen-bond donors (Lipinski definition) is 2. The summed E-state index contributed by atoms with van der Waals surface area (Å²) in [5, 5.41) is 12.8. The predicted molar refractivity (Wildman–Crippen MR) is 60.7 cm³/mol. The average molecular weight is 259 g/mol. The first kappa shape index (κ1) is 12.4. The van der Waals surface area contributed by atoms with Crippen LogP contribution >= 0.6 is 34.8 Å². The first-order chi connectivity index (χ1) is 6.32. The van der Waals surface area contributed by atoms with Crippen molar-refractivity contribution in [2.75, 3.05) is 6.54 Å². The molecule has 0 spiro atoms. The van der Waals surface area contributed by atoms with Crippen molar-refractivity contribution in [3.05, 3.63) is 11.8 Å². The van der Waals surface area contributed by atoms with Gasteiger partial charge in [0.25, 0.3) is 0 Å². The van der Waals surface area contributed by atoms with Crippen molar-refractivity contribution in [2.45, 2.75) is 23.7 Å². The Kier molecular flexibility index (Phi) is 3.98. The Hall–Kier alpha value is 0.370. The highest BCUT2D eigenvalue weighted by Crippen LogP contribution is 2.36. The van der Waals surface area contributed by atoms with E-state index >= 15 is 0 Å². The molecule has 1 aliphatic rings. The Morgan fingerprint density at radius 2 is 2.07 bits per heavy atom. The van der Waals surface area contributed by atoms with Gasteiger partial charge >= 0.3 is 0 Å². The number of alkyl halides is 3. The van der Waals surface area contributed by atoms with Crippen LogP contribution in [-0.4, -0.2) is 21.5 Å². The van der Waals surface area contributed by atoms with Crippen LogP contribution in [0.25, 0.3) is 0 Å². The summed E-state index contributed by atoms with van der Waals surface area (Å²) in [7, 11) is 0. The SMILES string of the molecule is CC(C)[C@H](O)[C@@H]1C=C(C(Cl)(Cl)Cl)NC1. The molecule has 0 bridgehead atoms. The highest BCUT2D eigenvalue weighted by molar-refractivity contribution is 6.69. The fraction of sp³-hybridized carbons (Fsp3) is 0.778. The third-order valence-electron chi connectivity index (χ3n) is 2.34. The second-order valence-corrected chi connectivity index (χ2v) is 6.14. The topological polar surface area (TPSA) is 32.3 Å². The third-order valence-corrected chi connectivity index (χ3v) is 2.95. The Balaban J connectivity index is 2.67. The molecule has 14 heavy (non-hydrogen) atoms. The molecule has 1 rings (SSSR count). The van der Waals surface area contributed by atoms with Crippen molar-refractivity contribution >= 4 is 34.8 Å². The molecule has 0 saturated heterocycles. The predicted octanol–water partition coefficient (Wildman–Crippen LogP) is 2.48. The first-order valence-electron chi connectivity index (χ1n) is 4.53. The van der Waals surface area contributed by atoms with Gasteiger partial charge in [0.05, 0.1) is 11.8 Å². The van der Waals surface area contributed by atoms with Crippen LogP contribution in [-0.2, 0) is 0 Å². The van der Waals surface area contributed by atoms with E-state index in [1.165, 1.54) is 0 Å². The molecule has 82 valence electrons. The summed E-state index contributed by atoms with van der Waals surface area (Å²) in [6.45, 7) is 4.56. The zero-order valence-corrected chi connectivity index (χ0v) is 10.4. The van der Waals surface area contributed by atoms with E-state index in [-0.39, 0.29) is 11.8 Å². The number of allylic oxidation sites excluding steroid dienone is 1. The molecule has 0 radical (unpaired) electrons. The number of halogens is 3. The molecule has 0 aromatic carbocycles. The van der Waals surface area contributed by atoms with E-state index in [1.54, 1.807) is 6.08 Å². The van der Waals surface area contributed by atoms with Gasteiger partial charge in [-0.25, -0.2) is 0 Å². The molecule has 0 aromatic heterocycles. The minimum absolute atomic E-state index is 0.0284. The summed E-state index contributed by atoms with van der Waals surface area (Å²) >= 11 is 17.1. The van der Waals surface area contributed by atoms with Gasteiger partial charge in [-0.2, -0.15) is 0 Å². The number of rotatable bonds is 2. The van der Waals surface area contributed by atoms with Crippen molar-refractivity contribution in [1.29, 1.82) is 0 Å². The maximum atomic E-state index is 9.80. The molecule has 1 aliphatic heterocycles. The lowest BCUT2D eigenvalue weighted by molar-refractivity contribution is 0.0883. The van der Waals surface area contributed by atoms with Crippen LogP contribution < -0.4 is 5.32 Å². The highest BCUT2D eigenvalue weighted by atomic mass is 35.6. The summed E-state index contributed by atoms with van der Waals surface area (Å²) in [6.07, 6.45) is 1.41. The van der Waals surface area contributed by atoms with E-state index in [9.17, 15) is 5.11 Å². The lowest BCUT2D eigenvalue weighted by atomic mass is 9.94. The van der Waals surface area contributed by atoms with Gasteiger partial charge in [-0.3, -0.25) is 0 Å². The molecule has 2 atom stereocenters. The maximum absolute atomic E-state index is 9.80. The Labute approximate surface area is 99.2 Å². The largest absolute Gasteiger partial charge is 0.392 e. The summed E-state index contributed by atoms with van der Waals surface area (Å²) in [4.78, 5) is 0. The van der Waals surface area contributed by atoms with E-state index in [2.05, 4.69) is 5.32 Å². The van der Waals surface area contributed by atoms with E-state index in [0.717, 1.165) is 0 Å². The van der Waals surface area contributed by atoms with Crippen LogP contribution in [0.1, 0.15) is 13.8 Å². The first-order valence-corrected chi connectivity index (χ1v) is 5.66. The Bertz CT molecular complexity index is 235. The van der Waals surface area contributed by atoms with E-state index in [1.807, 2.05) is 13.8 Å². The standard InChI is InChI=1S/C9H14Cl3NO/c1-5(2)8(14)6-3-7(13-4-6)9(10,11)12/h3,5-6,8,13-14H,4H2,1-2H3/t6-,8+/m1/s1. The van der Waals surface area contributed by atoms with E-state index in [4.69, 9.17) is 34.8 Å². The number of aliphatic hydroxyl groups is 1. The zero-order valence-electron chi connectivity index (χ0n) is 8.10. The number of aliphatic hydroxyl groups excluding tert-OH is 1. The van der Waals surface area contributed by atoms with Crippen molar-refractivity contribution < 1.29 is 5.11 Å². The molecular weight excluding hydrogens is 244 g/mol. The average Bonchev–Trinajstić information content (AvgIpc) is 2.49. The summed E-state index contributed by atoms with van der Waals surface area (Å²) in [6, 6.07) is 0. The summed E-state index contributed by atoms with van der Waals surface area (Å²) in [5.74, 6) is 0.230. The Morgan fingerprint density at radius 1 is 1.50 bits per heavy atom. The van der Waals surface area contributed by atoms with Crippen molar-refractivity contribution in [3.63, 3.8) is 0 Å². The van der Waals surface area contributed by atoms with Gasteiger partial charge in [-0.15, -0.1) is 0 Å².